The fraction of sp³-hybridized carbons (Fsp3) is 0.375. The lowest BCUT2D eigenvalue weighted by Gasteiger charge is -2.30. The van der Waals surface area contributed by atoms with Gasteiger partial charge in [0.2, 0.25) is 10.0 Å². The highest BCUT2D eigenvalue weighted by atomic mass is 32.2. The van der Waals surface area contributed by atoms with Gasteiger partial charge in [0.25, 0.3) is 5.91 Å². The van der Waals surface area contributed by atoms with Gasteiger partial charge in [0.05, 0.1) is 32.1 Å². The minimum absolute atomic E-state index is 0.0358. The Morgan fingerprint density at radius 1 is 1.06 bits per heavy atom. The van der Waals surface area contributed by atoms with E-state index in [2.05, 4.69) is 4.99 Å². The first kappa shape index (κ1) is 25.9. The number of benzene rings is 2. The Morgan fingerprint density at radius 3 is 2.42 bits per heavy atom. The van der Waals surface area contributed by atoms with E-state index >= 15 is 0 Å². The first-order valence-corrected chi connectivity index (χ1v) is 13.5. The number of fused-ring (bicyclic) bond motifs is 1. The van der Waals surface area contributed by atoms with Crippen molar-refractivity contribution in [2.24, 2.45) is 10.9 Å². The van der Waals surface area contributed by atoms with Crippen LogP contribution in [0.3, 0.4) is 0 Å². The molecule has 2 aromatic carbocycles. The number of amides is 1. The van der Waals surface area contributed by atoms with Crippen molar-refractivity contribution in [2.45, 2.75) is 24.3 Å². The van der Waals surface area contributed by atoms with E-state index in [1.54, 1.807) is 47.0 Å². The van der Waals surface area contributed by atoms with Crippen LogP contribution in [-0.4, -0.2) is 63.6 Å². The molecule has 0 bridgehead atoms. The van der Waals surface area contributed by atoms with Crippen molar-refractivity contribution in [1.29, 1.82) is 0 Å². The van der Waals surface area contributed by atoms with Crippen LogP contribution < -0.4 is 14.3 Å². The van der Waals surface area contributed by atoms with E-state index in [1.165, 1.54) is 37.0 Å². The summed E-state index contributed by atoms with van der Waals surface area (Å²) in [7, 11) is 0.586. The van der Waals surface area contributed by atoms with E-state index in [9.17, 15) is 18.0 Å². The molecule has 0 N–H and O–H groups in total. The lowest BCUT2D eigenvalue weighted by Crippen LogP contribution is -2.42. The van der Waals surface area contributed by atoms with Crippen molar-refractivity contribution in [1.82, 2.24) is 8.87 Å². The first-order valence-electron chi connectivity index (χ1n) is 11.2. The molecule has 10 nitrogen and oxygen atoms in total. The van der Waals surface area contributed by atoms with Gasteiger partial charge >= 0.3 is 5.97 Å². The zero-order valence-electron chi connectivity index (χ0n) is 20.2. The van der Waals surface area contributed by atoms with Crippen molar-refractivity contribution >= 4 is 43.5 Å². The van der Waals surface area contributed by atoms with Crippen LogP contribution in [0.5, 0.6) is 11.5 Å². The predicted molar refractivity (Wildman–Crippen MR) is 133 cm³/mol. The number of carbonyl (C=O) groups is 2. The fourth-order valence-electron chi connectivity index (χ4n) is 4.17. The molecule has 1 saturated heterocycles. The lowest BCUT2D eigenvalue weighted by atomic mass is 9.99. The van der Waals surface area contributed by atoms with E-state index < -0.39 is 27.8 Å². The van der Waals surface area contributed by atoms with Crippen LogP contribution in [0, 0.1) is 5.92 Å². The van der Waals surface area contributed by atoms with Crippen LogP contribution >= 0.6 is 11.3 Å². The Labute approximate surface area is 212 Å². The summed E-state index contributed by atoms with van der Waals surface area (Å²) >= 11 is 1.18. The van der Waals surface area contributed by atoms with Gasteiger partial charge in [-0.1, -0.05) is 29.5 Å². The number of ether oxygens (including phenoxy) is 3. The van der Waals surface area contributed by atoms with Gasteiger partial charge in [-0.05, 0) is 37.1 Å². The van der Waals surface area contributed by atoms with Gasteiger partial charge in [0, 0.05) is 13.1 Å². The monoisotopic (exact) mass is 533 g/mol. The number of thiazole rings is 1. The number of hydrogen-bond donors (Lipinski definition) is 0. The summed E-state index contributed by atoms with van der Waals surface area (Å²) in [5.74, 6) is -0.561. The SMILES string of the molecule is COC(=O)Cn1c(=NC(=O)C2CCCN(S(=O)(=O)c3ccccc3)C2)sc2c(OC)ccc(OC)c21. The second kappa shape index (κ2) is 10.8. The van der Waals surface area contributed by atoms with Crippen LogP contribution in [-0.2, 0) is 30.9 Å². The maximum absolute atomic E-state index is 13.3. The minimum atomic E-state index is -3.72. The molecule has 36 heavy (non-hydrogen) atoms. The third-order valence-corrected chi connectivity index (χ3v) is 9.00. The van der Waals surface area contributed by atoms with Crippen LogP contribution in [0.15, 0.2) is 52.4 Å². The molecule has 1 unspecified atom stereocenters. The van der Waals surface area contributed by atoms with E-state index in [4.69, 9.17) is 14.2 Å². The van der Waals surface area contributed by atoms with Crippen molar-refractivity contribution in [2.75, 3.05) is 34.4 Å². The zero-order valence-corrected chi connectivity index (χ0v) is 21.8. The zero-order chi connectivity index (χ0) is 25.9. The van der Waals surface area contributed by atoms with E-state index in [0.29, 0.717) is 41.1 Å². The average Bonchev–Trinajstić information content (AvgIpc) is 3.26. The Morgan fingerprint density at radius 2 is 1.75 bits per heavy atom. The van der Waals surface area contributed by atoms with Crippen LogP contribution in [0.4, 0.5) is 0 Å². The number of nitrogens with zero attached hydrogens (tertiary/aromatic N) is 3. The number of hydrogen-bond acceptors (Lipinski definition) is 8. The molecule has 192 valence electrons. The molecule has 0 radical (unpaired) electrons. The van der Waals surface area contributed by atoms with Gasteiger partial charge in [-0.3, -0.25) is 9.59 Å². The minimum Gasteiger partial charge on any atom is -0.495 e. The van der Waals surface area contributed by atoms with Crippen molar-refractivity contribution in [3.63, 3.8) is 0 Å². The maximum atomic E-state index is 13.3. The molecule has 3 aromatic rings. The summed E-state index contributed by atoms with van der Waals surface area (Å²) in [5, 5.41) is 0. The molecular formula is C24H27N3O7S2. The lowest BCUT2D eigenvalue weighted by molar-refractivity contribution is -0.141. The summed E-state index contributed by atoms with van der Waals surface area (Å²) < 4.78 is 45.5. The smallest absolute Gasteiger partial charge is 0.325 e. The molecule has 0 saturated carbocycles. The number of methoxy groups -OCH3 is 3. The topological polar surface area (TPSA) is 116 Å². The molecule has 12 heteroatoms. The number of esters is 1. The highest BCUT2D eigenvalue weighted by Crippen LogP contribution is 2.35. The summed E-state index contributed by atoms with van der Waals surface area (Å²) in [4.78, 5) is 30.3. The second-order valence-corrected chi connectivity index (χ2v) is 11.1. The second-order valence-electron chi connectivity index (χ2n) is 8.16. The first-order chi connectivity index (χ1) is 17.3. The molecule has 4 rings (SSSR count). The van der Waals surface area contributed by atoms with Crippen LogP contribution in [0.25, 0.3) is 10.2 Å². The van der Waals surface area contributed by atoms with E-state index in [0.717, 1.165) is 0 Å². The maximum Gasteiger partial charge on any atom is 0.325 e. The normalized spacial score (nSPS) is 17.2. The van der Waals surface area contributed by atoms with Gasteiger partial charge in [0.15, 0.2) is 4.80 Å². The Kier molecular flexibility index (Phi) is 7.76. The summed E-state index contributed by atoms with van der Waals surface area (Å²) in [6, 6.07) is 11.6. The van der Waals surface area contributed by atoms with Gasteiger partial charge in [-0.2, -0.15) is 9.30 Å². The van der Waals surface area contributed by atoms with Crippen LogP contribution in [0.2, 0.25) is 0 Å². The Hall–Kier alpha value is -3.22. The molecule has 0 spiro atoms. The molecule has 1 atom stereocenters. The Balaban J connectivity index is 1.73. The molecule has 1 aliphatic heterocycles. The van der Waals surface area contributed by atoms with Crippen LogP contribution in [0.1, 0.15) is 12.8 Å². The predicted octanol–water partition coefficient (Wildman–Crippen LogP) is 2.42. The molecule has 0 aliphatic carbocycles. The van der Waals surface area contributed by atoms with Gasteiger partial charge < -0.3 is 18.8 Å². The van der Waals surface area contributed by atoms with Gasteiger partial charge in [-0.15, -0.1) is 0 Å². The number of rotatable bonds is 7. The number of piperidine rings is 1. The standard InChI is InChI=1S/C24H27N3O7S2/c1-32-18-11-12-19(33-2)22-21(18)27(15-20(28)34-3)24(35-22)25-23(29)16-8-7-13-26(14-16)36(30,31)17-9-5-4-6-10-17/h4-6,9-12,16H,7-8,13-15H2,1-3H3. The third kappa shape index (κ3) is 5.01. The Bertz CT molecular complexity index is 1450. The van der Waals surface area contributed by atoms with Crippen molar-refractivity contribution < 1.29 is 32.2 Å². The summed E-state index contributed by atoms with van der Waals surface area (Å²) in [5.41, 5.74) is 0.552. The van der Waals surface area contributed by atoms with Crippen molar-refractivity contribution in [3.8, 4) is 11.5 Å². The quantitative estimate of drug-likeness (QED) is 0.428. The largest absolute Gasteiger partial charge is 0.495 e. The summed E-state index contributed by atoms with van der Waals surface area (Å²) in [6.45, 7) is 0.181. The van der Waals surface area contributed by atoms with Gasteiger partial charge in [-0.25, -0.2) is 8.42 Å². The molecule has 1 fully saturated rings. The van der Waals surface area contributed by atoms with Crippen molar-refractivity contribution in [3.05, 3.63) is 47.3 Å². The third-order valence-electron chi connectivity index (χ3n) is 6.03. The number of aromatic nitrogens is 1. The molecule has 1 aromatic heterocycles. The highest BCUT2D eigenvalue weighted by molar-refractivity contribution is 7.89. The fourth-order valence-corrected chi connectivity index (χ4v) is 6.86. The molecule has 1 aliphatic rings. The highest BCUT2D eigenvalue weighted by Gasteiger charge is 2.33. The van der Waals surface area contributed by atoms with E-state index in [-0.39, 0.29) is 22.8 Å². The summed E-state index contributed by atoms with van der Waals surface area (Å²) in [6.07, 6.45) is 1.05. The molecule has 1 amide bonds. The number of carbonyl (C=O) groups excluding carboxylic acids is 2. The molecule has 2 heterocycles. The van der Waals surface area contributed by atoms with Gasteiger partial charge in [0.1, 0.15) is 28.3 Å². The molecular weight excluding hydrogens is 506 g/mol. The average molecular weight is 534 g/mol. The van der Waals surface area contributed by atoms with E-state index in [1.807, 2.05) is 0 Å². The number of sulfonamides is 1.